The van der Waals surface area contributed by atoms with Gasteiger partial charge in [-0.1, -0.05) is 6.42 Å². The Balaban J connectivity index is 1.82. The van der Waals surface area contributed by atoms with Crippen LogP contribution in [0.25, 0.3) is 0 Å². The minimum Gasteiger partial charge on any atom is -0.294 e. The molecule has 2 aliphatic heterocycles. The third-order valence-corrected chi connectivity index (χ3v) is 6.38. The zero-order valence-corrected chi connectivity index (χ0v) is 11.4. The van der Waals surface area contributed by atoms with Crippen molar-refractivity contribution in [2.45, 2.75) is 42.6 Å². The van der Waals surface area contributed by atoms with E-state index in [-0.39, 0.29) is 27.8 Å². The van der Waals surface area contributed by atoms with Crippen molar-refractivity contribution in [3.63, 3.8) is 0 Å². The van der Waals surface area contributed by atoms with E-state index in [4.69, 9.17) is 0 Å². The van der Waals surface area contributed by atoms with Gasteiger partial charge in [-0.25, -0.2) is 4.39 Å². The highest BCUT2D eigenvalue weighted by molar-refractivity contribution is 7.86. The molecule has 2 unspecified atom stereocenters. The van der Waals surface area contributed by atoms with Gasteiger partial charge in [0, 0.05) is 33.4 Å². The summed E-state index contributed by atoms with van der Waals surface area (Å²) in [4.78, 5) is 16.1. The quantitative estimate of drug-likeness (QED) is 0.782. The highest BCUT2D eigenvalue weighted by Crippen LogP contribution is 2.38. The van der Waals surface area contributed by atoms with Crippen molar-refractivity contribution < 1.29 is 13.4 Å². The minimum atomic E-state index is -0.793. The largest absolute Gasteiger partial charge is 0.294 e. The molecule has 0 saturated carbocycles. The molecule has 0 N–H and O–H groups in total. The molecule has 0 aliphatic carbocycles. The molecule has 2 aliphatic rings. The van der Waals surface area contributed by atoms with Crippen molar-refractivity contribution in [3.8, 4) is 0 Å². The van der Waals surface area contributed by atoms with Gasteiger partial charge in [-0.3, -0.25) is 14.0 Å². The number of fused-ring (bicyclic) bond motifs is 2. The van der Waals surface area contributed by atoms with Gasteiger partial charge >= 0.3 is 0 Å². The fourth-order valence-corrected chi connectivity index (χ4v) is 5.43. The lowest BCUT2D eigenvalue weighted by atomic mass is 9.84. The average molecular weight is 281 g/mol. The predicted octanol–water partition coefficient (Wildman–Crippen LogP) is 2.48. The van der Waals surface area contributed by atoms with Crippen LogP contribution in [0.2, 0.25) is 0 Å². The molecule has 0 amide bonds. The van der Waals surface area contributed by atoms with Crippen LogP contribution in [0.3, 0.4) is 0 Å². The molecule has 102 valence electrons. The Morgan fingerprint density at radius 1 is 1.32 bits per heavy atom. The summed E-state index contributed by atoms with van der Waals surface area (Å²) in [5.74, 6) is -0.872. The molecule has 1 aromatic heterocycles. The lowest BCUT2D eigenvalue weighted by Crippen LogP contribution is -2.41. The SMILES string of the molecule is O=C(c1ccncc1F)C1CC2CCCC(C1)S2=O. The first-order valence-corrected chi connectivity index (χ1v) is 7.97. The van der Waals surface area contributed by atoms with Crippen LogP contribution in [-0.4, -0.2) is 25.5 Å². The summed E-state index contributed by atoms with van der Waals surface area (Å²) in [5.41, 5.74) is 0.130. The molecule has 5 heteroatoms. The number of carbonyl (C=O) groups excluding carboxylic acids is 1. The van der Waals surface area contributed by atoms with Gasteiger partial charge in [0.1, 0.15) is 0 Å². The van der Waals surface area contributed by atoms with E-state index in [0.717, 1.165) is 25.5 Å². The van der Waals surface area contributed by atoms with Crippen LogP contribution in [0.15, 0.2) is 18.5 Å². The molecule has 3 nitrogen and oxygen atoms in total. The zero-order chi connectivity index (χ0) is 13.4. The number of pyridine rings is 1. The molecule has 2 atom stereocenters. The predicted molar refractivity (Wildman–Crippen MR) is 70.8 cm³/mol. The second-order valence-electron chi connectivity index (χ2n) is 5.39. The summed E-state index contributed by atoms with van der Waals surface area (Å²) in [6, 6.07) is 1.44. The number of nitrogens with zero attached hydrogens (tertiary/aromatic N) is 1. The summed E-state index contributed by atoms with van der Waals surface area (Å²) in [6.07, 6.45) is 6.78. The standard InChI is InChI=1S/C14H16FNO2S/c15-13-8-16-5-4-12(13)14(17)9-6-10-2-1-3-11(7-9)19(10)18/h4-5,8-11H,1-3,6-7H2. The van der Waals surface area contributed by atoms with Gasteiger partial charge in [0.2, 0.25) is 0 Å². The lowest BCUT2D eigenvalue weighted by Gasteiger charge is -2.37. The second-order valence-corrected chi connectivity index (χ2v) is 7.38. The Morgan fingerprint density at radius 3 is 2.63 bits per heavy atom. The van der Waals surface area contributed by atoms with Crippen molar-refractivity contribution in [1.82, 2.24) is 4.98 Å². The van der Waals surface area contributed by atoms with Gasteiger partial charge in [0.15, 0.2) is 11.6 Å². The fraction of sp³-hybridized carbons (Fsp3) is 0.571. The van der Waals surface area contributed by atoms with Gasteiger partial charge in [-0.05, 0) is 31.7 Å². The van der Waals surface area contributed by atoms with Crippen LogP contribution in [0.1, 0.15) is 42.5 Å². The molecule has 2 fully saturated rings. The molecule has 2 saturated heterocycles. The van der Waals surface area contributed by atoms with Gasteiger partial charge in [-0.15, -0.1) is 0 Å². The van der Waals surface area contributed by atoms with Gasteiger partial charge in [0.05, 0.1) is 11.8 Å². The highest BCUT2D eigenvalue weighted by atomic mass is 32.2. The van der Waals surface area contributed by atoms with E-state index < -0.39 is 16.6 Å². The Hall–Kier alpha value is -1.10. The molecule has 0 radical (unpaired) electrons. The summed E-state index contributed by atoms with van der Waals surface area (Å²) >= 11 is 0. The highest BCUT2D eigenvalue weighted by Gasteiger charge is 2.40. The van der Waals surface area contributed by atoms with Crippen molar-refractivity contribution >= 4 is 16.6 Å². The van der Waals surface area contributed by atoms with Crippen LogP contribution in [0, 0.1) is 11.7 Å². The average Bonchev–Trinajstić information content (AvgIpc) is 2.38. The Morgan fingerprint density at radius 2 is 2.00 bits per heavy atom. The van der Waals surface area contributed by atoms with Crippen molar-refractivity contribution in [2.24, 2.45) is 5.92 Å². The summed E-state index contributed by atoms with van der Waals surface area (Å²) in [7, 11) is -0.793. The molecular formula is C14H16FNO2S. The van der Waals surface area contributed by atoms with E-state index in [9.17, 15) is 13.4 Å². The third-order valence-electron chi connectivity index (χ3n) is 4.21. The maximum absolute atomic E-state index is 13.6. The summed E-state index contributed by atoms with van der Waals surface area (Å²) < 4.78 is 25.7. The Kier molecular flexibility index (Phi) is 3.48. The number of rotatable bonds is 2. The van der Waals surface area contributed by atoms with E-state index in [1.807, 2.05) is 0 Å². The first-order chi connectivity index (χ1) is 9.16. The Labute approximate surface area is 114 Å². The molecular weight excluding hydrogens is 265 g/mol. The van der Waals surface area contributed by atoms with Crippen molar-refractivity contribution in [2.75, 3.05) is 0 Å². The van der Waals surface area contributed by atoms with Crippen molar-refractivity contribution in [3.05, 3.63) is 29.8 Å². The number of hydrogen-bond acceptors (Lipinski definition) is 3. The lowest BCUT2D eigenvalue weighted by molar-refractivity contribution is 0.0891. The van der Waals surface area contributed by atoms with Crippen LogP contribution in [-0.2, 0) is 10.8 Å². The smallest absolute Gasteiger partial charge is 0.169 e. The normalized spacial score (nSPS) is 33.9. The van der Waals surface area contributed by atoms with Gasteiger partial charge < -0.3 is 0 Å². The maximum atomic E-state index is 13.6. The molecule has 0 aromatic carbocycles. The van der Waals surface area contributed by atoms with Crippen LogP contribution < -0.4 is 0 Å². The molecule has 19 heavy (non-hydrogen) atoms. The van der Waals surface area contributed by atoms with Crippen LogP contribution in [0.4, 0.5) is 4.39 Å². The molecule has 3 heterocycles. The first-order valence-electron chi connectivity index (χ1n) is 6.70. The number of halogens is 1. The monoisotopic (exact) mass is 281 g/mol. The molecule has 0 spiro atoms. The van der Waals surface area contributed by atoms with E-state index in [0.29, 0.717) is 12.8 Å². The van der Waals surface area contributed by atoms with E-state index in [2.05, 4.69) is 4.98 Å². The van der Waals surface area contributed by atoms with E-state index in [1.165, 1.54) is 12.3 Å². The topological polar surface area (TPSA) is 47.0 Å². The van der Waals surface area contributed by atoms with E-state index in [1.54, 1.807) is 0 Å². The van der Waals surface area contributed by atoms with Gasteiger partial charge in [-0.2, -0.15) is 0 Å². The number of aromatic nitrogens is 1. The van der Waals surface area contributed by atoms with Crippen molar-refractivity contribution in [1.29, 1.82) is 0 Å². The van der Waals surface area contributed by atoms with Crippen LogP contribution in [0.5, 0.6) is 0 Å². The summed E-state index contributed by atoms with van der Waals surface area (Å²) in [5, 5.41) is 0.262. The number of carbonyl (C=O) groups is 1. The molecule has 3 rings (SSSR count). The number of Topliss-reactive ketones (excluding diaryl/α,β-unsaturated/α-hetero) is 1. The number of hydrogen-bond donors (Lipinski definition) is 0. The second kappa shape index (κ2) is 5.12. The first kappa shape index (κ1) is 12.9. The van der Waals surface area contributed by atoms with Gasteiger partial charge in [0.25, 0.3) is 0 Å². The zero-order valence-electron chi connectivity index (χ0n) is 10.5. The van der Waals surface area contributed by atoms with E-state index >= 15 is 0 Å². The molecule has 2 bridgehead atoms. The summed E-state index contributed by atoms with van der Waals surface area (Å²) in [6.45, 7) is 0. The third kappa shape index (κ3) is 2.36. The maximum Gasteiger partial charge on any atom is 0.169 e. The van der Waals surface area contributed by atoms with Crippen LogP contribution >= 0.6 is 0 Å². The Bertz CT molecular complexity index is 518. The fourth-order valence-electron chi connectivity index (χ4n) is 3.24. The minimum absolute atomic E-state index is 0.130. The number of ketones is 1. The molecule has 1 aromatic rings.